The number of aromatic carboxylic acids is 1. The van der Waals surface area contributed by atoms with Crippen LogP contribution in [0.15, 0.2) is 6.07 Å². The molecule has 5 nitrogen and oxygen atoms in total. The van der Waals surface area contributed by atoms with Crippen molar-refractivity contribution < 1.29 is 41.0 Å². The van der Waals surface area contributed by atoms with E-state index in [1.807, 2.05) is 0 Å². The summed E-state index contributed by atoms with van der Waals surface area (Å²) in [5, 5.41) is 8.63. The molecule has 1 aromatic rings. The van der Waals surface area contributed by atoms with Crippen LogP contribution in [-0.4, -0.2) is 22.4 Å². The van der Waals surface area contributed by atoms with Crippen molar-refractivity contribution in [3.05, 3.63) is 23.0 Å². The van der Waals surface area contributed by atoms with Crippen LogP contribution in [0.5, 0.6) is 5.75 Å². The highest BCUT2D eigenvalue weighted by Crippen LogP contribution is 2.40. The Balaban J connectivity index is 3.60. The van der Waals surface area contributed by atoms with Crippen LogP contribution in [0, 0.1) is 0 Å². The lowest BCUT2D eigenvalue weighted by atomic mass is 10.1. The van der Waals surface area contributed by atoms with Gasteiger partial charge >= 0.3 is 18.5 Å². The lowest BCUT2D eigenvalue weighted by Gasteiger charge is -2.17. The molecule has 0 saturated carbocycles. The fourth-order valence-electron chi connectivity index (χ4n) is 1.31. The van der Waals surface area contributed by atoms with Gasteiger partial charge in [-0.1, -0.05) is 0 Å². The molecule has 3 N–H and O–H groups in total. The van der Waals surface area contributed by atoms with Crippen molar-refractivity contribution in [1.29, 1.82) is 0 Å². The number of carbonyl (C=O) groups is 1. The minimum absolute atomic E-state index is 0.294. The van der Waals surface area contributed by atoms with E-state index < -0.39 is 47.8 Å². The van der Waals surface area contributed by atoms with Gasteiger partial charge in [0.2, 0.25) is 0 Å². The monoisotopic (exact) mass is 304 g/mol. The first-order valence-corrected chi connectivity index (χ1v) is 4.76. The van der Waals surface area contributed by atoms with Crippen LogP contribution in [-0.2, 0) is 12.7 Å². The zero-order valence-electron chi connectivity index (χ0n) is 9.34. The van der Waals surface area contributed by atoms with Crippen molar-refractivity contribution in [2.75, 3.05) is 0 Å². The second kappa shape index (κ2) is 5.15. The molecule has 0 atom stereocenters. The van der Waals surface area contributed by atoms with E-state index in [1.54, 1.807) is 0 Å². The molecule has 0 aromatic carbocycles. The Morgan fingerprint density at radius 1 is 1.30 bits per heavy atom. The molecule has 0 bridgehead atoms. The number of aromatic nitrogens is 1. The Hall–Kier alpha value is -2.04. The summed E-state index contributed by atoms with van der Waals surface area (Å²) >= 11 is 0. The van der Waals surface area contributed by atoms with Crippen LogP contribution in [0.1, 0.15) is 21.7 Å². The number of hydrogen-bond donors (Lipinski definition) is 2. The Labute approximate surface area is 107 Å². The third-order valence-electron chi connectivity index (χ3n) is 1.96. The molecule has 0 spiro atoms. The fraction of sp³-hybridized carbons (Fsp3) is 0.333. The molecule has 0 aliphatic heterocycles. The van der Waals surface area contributed by atoms with Gasteiger partial charge in [0.1, 0.15) is 11.3 Å². The molecule has 0 aliphatic rings. The Morgan fingerprint density at radius 2 is 1.85 bits per heavy atom. The highest BCUT2D eigenvalue weighted by atomic mass is 19.4. The van der Waals surface area contributed by atoms with E-state index in [0.717, 1.165) is 0 Å². The van der Waals surface area contributed by atoms with Gasteiger partial charge in [0.05, 0.1) is 5.69 Å². The molecule has 0 fully saturated rings. The minimum atomic E-state index is -5.43. The number of rotatable bonds is 3. The average molecular weight is 304 g/mol. The summed E-state index contributed by atoms with van der Waals surface area (Å²) in [6.45, 7) is -0.563. The summed E-state index contributed by atoms with van der Waals surface area (Å²) in [6.07, 6.45) is -10.8. The maximum absolute atomic E-state index is 12.7. The molecule has 20 heavy (non-hydrogen) atoms. The molecule has 0 unspecified atom stereocenters. The van der Waals surface area contributed by atoms with Gasteiger partial charge in [-0.2, -0.15) is 13.2 Å². The number of carboxylic acid groups (broad SMARTS) is 1. The van der Waals surface area contributed by atoms with Crippen molar-refractivity contribution in [1.82, 2.24) is 4.98 Å². The second-order valence-electron chi connectivity index (χ2n) is 3.39. The predicted molar refractivity (Wildman–Crippen MR) is 50.8 cm³/mol. The number of ether oxygens (including phenoxy) is 1. The van der Waals surface area contributed by atoms with E-state index in [9.17, 15) is 31.1 Å². The van der Waals surface area contributed by atoms with E-state index in [2.05, 4.69) is 9.72 Å². The molecule has 0 amide bonds. The van der Waals surface area contributed by atoms with Crippen LogP contribution in [0.3, 0.4) is 0 Å². The van der Waals surface area contributed by atoms with Crippen molar-refractivity contribution in [3.8, 4) is 5.75 Å². The highest BCUT2D eigenvalue weighted by molar-refractivity contribution is 5.88. The van der Waals surface area contributed by atoms with Crippen molar-refractivity contribution in [2.45, 2.75) is 19.1 Å². The second-order valence-corrected chi connectivity index (χ2v) is 3.39. The van der Waals surface area contributed by atoms with Gasteiger partial charge in [-0.15, -0.1) is 13.2 Å². The maximum atomic E-state index is 12.7. The first-order valence-electron chi connectivity index (χ1n) is 4.76. The minimum Gasteiger partial charge on any atom is -0.476 e. The van der Waals surface area contributed by atoms with Crippen molar-refractivity contribution in [3.63, 3.8) is 0 Å². The standard InChI is InChI=1S/C9H6F6N2O3/c10-8(11,12)5-4(20-9(13,14)15)1-3(2-16)17-6(5)7(18)19/h1H,2,16H2,(H,18,19). The van der Waals surface area contributed by atoms with Crippen LogP contribution >= 0.6 is 0 Å². The van der Waals surface area contributed by atoms with Gasteiger partial charge in [0.25, 0.3) is 0 Å². The van der Waals surface area contributed by atoms with Gasteiger partial charge in [0.15, 0.2) is 5.69 Å². The van der Waals surface area contributed by atoms with Crippen LogP contribution in [0.25, 0.3) is 0 Å². The summed E-state index contributed by atoms with van der Waals surface area (Å²) in [5.41, 5.74) is 0.809. The number of hydrogen-bond acceptors (Lipinski definition) is 4. The zero-order valence-corrected chi connectivity index (χ0v) is 9.34. The Bertz CT molecular complexity index is 526. The molecule has 1 aromatic heterocycles. The van der Waals surface area contributed by atoms with Crippen LogP contribution < -0.4 is 10.5 Å². The van der Waals surface area contributed by atoms with E-state index in [1.165, 1.54) is 0 Å². The molecule has 1 rings (SSSR count). The summed E-state index contributed by atoms with van der Waals surface area (Å²) in [4.78, 5) is 13.8. The SMILES string of the molecule is NCc1cc(OC(F)(F)F)c(C(F)(F)F)c(C(=O)O)n1. The van der Waals surface area contributed by atoms with E-state index in [0.29, 0.717) is 6.07 Å². The largest absolute Gasteiger partial charge is 0.573 e. The molecule has 11 heteroatoms. The van der Waals surface area contributed by atoms with Gasteiger partial charge < -0.3 is 15.6 Å². The van der Waals surface area contributed by atoms with E-state index in [-0.39, 0.29) is 0 Å². The third-order valence-corrected chi connectivity index (χ3v) is 1.96. The van der Waals surface area contributed by atoms with Crippen LogP contribution in [0.2, 0.25) is 0 Å². The molecule has 1 heterocycles. The van der Waals surface area contributed by atoms with E-state index in [4.69, 9.17) is 10.8 Å². The molecule has 112 valence electrons. The van der Waals surface area contributed by atoms with Crippen LogP contribution in [0.4, 0.5) is 26.3 Å². The maximum Gasteiger partial charge on any atom is 0.573 e. The number of pyridine rings is 1. The highest BCUT2D eigenvalue weighted by Gasteiger charge is 2.43. The first-order chi connectivity index (χ1) is 8.95. The molecule has 0 radical (unpaired) electrons. The first kappa shape index (κ1) is 16.0. The smallest absolute Gasteiger partial charge is 0.476 e. The molecule has 0 saturated heterocycles. The number of alkyl halides is 6. The van der Waals surface area contributed by atoms with Gasteiger partial charge in [-0.3, -0.25) is 0 Å². The van der Waals surface area contributed by atoms with Gasteiger partial charge in [-0.25, -0.2) is 9.78 Å². The number of carboxylic acids is 1. The topological polar surface area (TPSA) is 85.4 Å². The molecular formula is C9H6F6N2O3. The quantitative estimate of drug-likeness (QED) is 0.836. The zero-order chi connectivity index (χ0) is 15.7. The third kappa shape index (κ3) is 3.73. The molecule has 0 aliphatic carbocycles. The van der Waals surface area contributed by atoms with Gasteiger partial charge in [-0.05, 0) is 0 Å². The molecular weight excluding hydrogens is 298 g/mol. The number of nitrogens with zero attached hydrogens (tertiary/aromatic N) is 1. The van der Waals surface area contributed by atoms with Crippen molar-refractivity contribution >= 4 is 5.97 Å². The van der Waals surface area contributed by atoms with Crippen molar-refractivity contribution in [2.24, 2.45) is 5.73 Å². The van der Waals surface area contributed by atoms with Gasteiger partial charge in [0, 0.05) is 12.6 Å². The summed E-state index contributed by atoms with van der Waals surface area (Å²) in [6, 6.07) is 0.294. The number of halogens is 6. The predicted octanol–water partition coefficient (Wildman–Crippen LogP) is 2.16. The lowest BCUT2D eigenvalue weighted by molar-refractivity contribution is -0.276. The normalized spacial score (nSPS) is 12.3. The lowest BCUT2D eigenvalue weighted by Crippen LogP contribution is -2.24. The average Bonchev–Trinajstić information content (AvgIpc) is 2.23. The summed E-state index contributed by atoms with van der Waals surface area (Å²) in [7, 11) is 0. The fourth-order valence-corrected chi connectivity index (χ4v) is 1.31. The summed E-state index contributed by atoms with van der Waals surface area (Å²) < 4.78 is 77.6. The number of nitrogens with two attached hydrogens (primary N) is 1. The van der Waals surface area contributed by atoms with E-state index >= 15 is 0 Å². The Kier molecular flexibility index (Phi) is 4.12. The summed E-state index contributed by atoms with van der Waals surface area (Å²) in [5.74, 6) is -3.86. The Morgan fingerprint density at radius 3 is 2.20 bits per heavy atom.